The third-order valence-corrected chi connectivity index (χ3v) is 4.08. The lowest BCUT2D eigenvalue weighted by Crippen LogP contribution is -2.43. The van der Waals surface area contributed by atoms with Gasteiger partial charge in [0.15, 0.2) is 6.10 Å². The molecule has 0 aromatic carbocycles. The zero-order chi connectivity index (χ0) is 15.2. The highest BCUT2D eigenvalue weighted by Crippen LogP contribution is 2.19. The van der Waals surface area contributed by atoms with Crippen molar-refractivity contribution in [2.45, 2.75) is 37.9 Å². The highest BCUT2D eigenvalue weighted by atomic mass is 16.5. The fourth-order valence-corrected chi connectivity index (χ4v) is 2.77. The van der Waals surface area contributed by atoms with Gasteiger partial charge >= 0.3 is 12.0 Å². The van der Waals surface area contributed by atoms with E-state index in [-0.39, 0.29) is 12.1 Å². The smallest absolute Gasteiger partial charge is 0.332 e. The molecule has 2 N–H and O–H groups in total. The Morgan fingerprint density at radius 2 is 1.95 bits per heavy atom. The van der Waals surface area contributed by atoms with Crippen molar-refractivity contribution in [1.29, 1.82) is 0 Å². The first-order chi connectivity index (χ1) is 10.1. The quantitative estimate of drug-likeness (QED) is 0.780. The van der Waals surface area contributed by atoms with Crippen LogP contribution in [0.4, 0.5) is 4.79 Å². The topological polar surface area (TPSA) is 88.1 Å². The summed E-state index contributed by atoms with van der Waals surface area (Å²) < 4.78 is 10.7. The van der Waals surface area contributed by atoms with Crippen LogP contribution in [-0.4, -0.2) is 67.6 Å². The fourth-order valence-electron chi connectivity index (χ4n) is 2.77. The van der Waals surface area contributed by atoms with Crippen LogP contribution in [0.3, 0.4) is 0 Å². The number of nitrogens with one attached hydrogen (secondary N) is 1. The summed E-state index contributed by atoms with van der Waals surface area (Å²) in [4.78, 5) is 24.5. The molecule has 0 aromatic heterocycles. The molecule has 2 unspecified atom stereocenters. The number of rotatable bonds is 5. The number of ether oxygens (including phenoxy) is 2. The maximum absolute atomic E-state index is 12.0. The Balaban J connectivity index is 1.65. The zero-order valence-electron chi connectivity index (χ0n) is 12.4. The minimum Gasteiger partial charge on any atom is -0.479 e. The summed E-state index contributed by atoms with van der Waals surface area (Å²) in [6.07, 6.45) is 2.22. The van der Waals surface area contributed by atoms with Crippen molar-refractivity contribution in [2.24, 2.45) is 5.92 Å². The minimum atomic E-state index is -0.930. The fraction of sp³-hybridized carbons (Fsp3) is 0.857. The van der Waals surface area contributed by atoms with Crippen molar-refractivity contribution in [2.75, 3.05) is 33.4 Å². The summed E-state index contributed by atoms with van der Waals surface area (Å²) in [6, 6.07) is -0.135. The summed E-state index contributed by atoms with van der Waals surface area (Å²) >= 11 is 0. The number of nitrogens with zero attached hydrogens (tertiary/aromatic N) is 1. The van der Waals surface area contributed by atoms with Crippen LogP contribution in [0.1, 0.15) is 25.7 Å². The number of hydrogen-bond donors (Lipinski definition) is 2. The molecule has 21 heavy (non-hydrogen) atoms. The second-order valence-electron chi connectivity index (χ2n) is 5.78. The van der Waals surface area contributed by atoms with Crippen molar-refractivity contribution < 1.29 is 24.2 Å². The Morgan fingerprint density at radius 1 is 1.24 bits per heavy atom. The first-order valence-corrected chi connectivity index (χ1v) is 7.51. The Morgan fingerprint density at radius 3 is 2.57 bits per heavy atom. The summed E-state index contributed by atoms with van der Waals surface area (Å²) in [5.41, 5.74) is 0. The van der Waals surface area contributed by atoms with E-state index in [4.69, 9.17) is 14.6 Å². The number of hydrogen-bond acceptors (Lipinski definition) is 4. The molecule has 2 fully saturated rings. The van der Waals surface area contributed by atoms with Crippen LogP contribution >= 0.6 is 0 Å². The molecule has 2 amide bonds. The highest BCUT2D eigenvalue weighted by molar-refractivity contribution is 5.74. The molecular formula is C14H24N2O5. The Kier molecular flexibility index (Phi) is 5.81. The van der Waals surface area contributed by atoms with E-state index in [2.05, 4.69) is 5.32 Å². The van der Waals surface area contributed by atoms with E-state index >= 15 is 0 Å². The van der Waals surface area contributed by atoms with Crippen LogP contribution in [-0.2, 0) is 14.3 Å². The maximum Gasteiger partial charge on any atom is 0.332 e. The number of carboxylic acids is 1. The lowest BCUT2D eigenvalue weighted by molar-refractivity contribution is -0.149. The van der Waals surface area contributed by atoms with Crippen molar-refractivity contribution in [3.63, 3.8) is 0 Å². The van der Waals surface area contributed by atoms with Gasteiger partial charge in [0.25, 0.3) is 0 Å². The molecule has 7 heteroatoms. The van der Waals surface area contributed by atoms with Crippen LogP contribution in [0.25, 0.3) is 0 Å². The van der Waals surface area contributed by atoms with Gasteiger partial charge in [-0.05, 0) is 31.6 Å². The average molecular weight is 300 g/mol. The molecule has 120 valence electrons. The van der Waals surface area contributed by atoms with Gasteiger partial charge in [-0.25, -0.2) is 9.59 Å². The van der Waals surface area contributed by atoms with Gasteiger partial charge in [0, 0.05) is 33.4 Å². The predicted octanol–water partition coefficient (Wildman–Crippen LogP) is 0.687. The SMILES string of the molecule is CN(CC1CCOCC1)C(=O)NCC1CCC(C(=O)O)O1. The van der Waals surface area contributed by atoms with Crippen molar-refractivity contribution in [3.05, 3.63) is 0 Å². The summed E-state index contributed by atoms with van der Waals surface area (Å²) in [7, 11) is 1.78. The molecule has 0 spiro atoms. The monoisotopic (exact) mass is 300 g/mol. The molecule has 7 nitrogen and oxygen atoms in total. The van der Waals surface area contributed by atoms with Gasteiger partial charge in [-0.2, -0.15) is 0 Å². The van der Waals surface area contributed by atoms with E-state index in [1.807, 2.05) is 0 Å². The molecule has 0 radical (unpaired) electrons. The maximum atomic E-state index is 12.0. The van der Waals surface area contributed by atoms with Crippen LogP contribution in [0.15, 0.2) is 0 Å². The molecule has 2 heterocycles. The third kappa shape index (κ3) is 4.86. The van der Waals surface area contributed by atoms with Gasteiger partial charge in [-0.1, -0.05) is 0 Å². The molecule has 2 rings (SSSR count). The number of carbonyl (C=O) groups excluding carboxylic acids is 1. The molecule has 0 aliphatic carbocycles. The van der Waals surface area contributed by atoms with Crippen LogP contribution < -0.4 is 5.32 Å². The van der Waals surface area contributed by atoms with Gasteiger partial charge in [-0.3, -0.25) is 0 Å². The van der Waals surface area contributed by atoms with E-state index in [1.54, 1.807) is 11.9 Å². The molecule has 0 aromatic rings. The second-order valence-corrected chi connectivity index (χ2v) is 5.78. The van der Waals surface area contributed by atoms with E-state index in [0.717, 1.165) is 32.6 Å². The summed E-state index contributed by atoms with van der Waals surface area (Å²) in [6.45, 7) is 2.62. The van der Waals surface area contributed by atoms with E-state index in [1.165, 1.54) is 0 Å². The number of amides is 2. The van der Waals surface area contributed by atoms with Crippen LogP contribution in [0, 0.1) is 5.92 Å². The van der Waals surface area contributed by atoms with Gasteiger partial charge in [0.2, 0.25) is 0 Å². The van der Waals surface area contributed by atoms with Gasteiger partial charge in [0.05, 0.1) is 6.10 Å². The normalized spacial score (nSPS) is 26.5. The molecule has 0 bridgehead atoms. The molecular weight excluding hydrogens is 276 g/mol. The molecule has 2 aliphatic rings. The minimum absolute atomic E-state index is 0.135. The molecule has 2 saturated heterocycles. The van der Waals surface area contributed by atoms with Crippen molar-refractivity contribution in [3.8, 4) is 0 Å². The number of carbonyl (C=O) groups is 2. The number of aliphatic carboxylic acids is 1. The average Bonchev–Trinajstić information content (AvgIpc) is 2.95. The van der Waals surface area contributed by atoms with Gasteiger partial charge < -0.3 is 24.8 Å². The largest absolute Gasteiger partial charge is 0.479 e. The number of carboxylic acid groups (broad SMARTS) is 1. The Hall–Kier alpha value is -1.34. The van der Waals surface area contributed by atoms with Crippen molar-refractivity contribution >= 4 is 12.0 Å². The lowest BCUT2D eigenvalue weighted by atomic mass is 10.00. The molecule has 0 saturated carbocycles. The first-order valence-electron chi connectivity index (χ1n) is 7.51. The zero-order valence-corrected chi connectivity index (χ0v) is 12.4. The first kappa shape index (κ1) is 16.0. The van der Waals surface area contributed by atoms with Crippen LogP contribution in [0.2, 0.25) is 0 Å². The highest BCUT2D eigenvalue weighted by Gasteiger charge is 2.30. The van der Waals surface area contributed by atoms with E-state index in [0.29, 0.717) is 25.3 Å². The second kappa shape index (κ2) is 7.61. The molecule has 2 atom stereocenters. The lowest BCUT2D eigenvalue weighted by Gasteiger charge is -2.27. The number of urea groups is 1. The Bertz CT molecular complexity index is 370. The predicted molar refractivity (Wildman–Crippen MR) is 75.1 cm³/mol. The standard InChI is InChI=1S/C14H24N2O5/c1-16(9-10-4-6-20-7-5-10)14(19)15-8-11-2-3-12(21-11)13(17)18/h10-12H,2-9H2,1H3,(H,15,19)(H,17,18). The van der Waals surface area contributed by atoms with Gasteiger partial charge in [0.1, 0.15) is 0 Å². The summed E-state index contributed by atoms with van der Waals surface area (Å²) in [5, 5.41) is 11.7. The van der Waals surface area contributed by atoms with Crippen LogP contribution in [0.5, 0.6) is 0 Å². The van der Waals surface area contributed by atoms with E-state index in [9.17, 15) is 9.59 Å². The third-order valence-electron chi connectivity index (χ3n) is 4.08. The van der Waals surface area contributed by atoms with Crippen molar-refractivity contribution in [1.82, 2.24) is 10.2 Å². The van der Waals surface area contributed by atoms with E-state index < -0.39 is 12.1 Å². The molecule has 2 aliphatic heterocycles. The van der Waals surface area contributed by atoms with Gasteiger partial charge in [-0.15, -0.1) is 0 Å². The Labute approximate surface area is 124 Å². The summed E-state index contributed by atoms with van der Waals surface area (Å²) in [5.74, 6) is -0.436.